The highest BCUT2D eigenvalue weighted by molar-refractivity contribution is 9.10. The summed E-state index contributed by atoms with van der Waals surface area (Å²) in [5.74, 6) is 1.49. The predicted octanol–water partition coefficient (Wildman–Crippen LogP) is 3.96. The van der Waals surface area contributed by atoms with Crippen LogP contribution in [-0.4, -0.2) is 18.2 Å². The largest absolute Gasteiger partial charge is 0.490 e. The second-order valence-electron chi connectivity index (χ2n) is 3.47. The van der Waals surface area contributed by atoms with Gasteiger partial charge in [-0.15, -0.1) is 0 Å². The molecule has 0 aliphatic heterocycles. The van der Waals surface area contributed by atoms with Gasteiger partial charge in [0.15, 0.2) is 0 Å². The number of aromatic nitrogens is 1. The van der Waals surface area contributed by atoms with Gasteiger partial charge in [-0.25, -0.2) is 4.98 Å². The topological polar surface area (TPSA) is 31.4 Å². The molecule has 94 valence electrons. The molecule has 0 amide bonds. The highest BCUT2D eigenvalue weighted by atomic mass is 79.9. The van der Waals surface area contributed by atoms with Gasteiger partial charge in [0.1, 0.15) is 29.9 Å². The second-order valence-corrected chi connectivity index (χ2v) is 4.77. The highest BCUT2D eigenvalue weighted by Crippen LogP contribution is 2.17. The summed E-state index contributed by atoms with van der Waals surface area (Å²) in [5, 5.41) is 0.452. The minimum atomic E-state index is 0.452. The summed E-state index contributed by atoms with van der Waals surface area (Å²) >= 11 is 9.05. The van der Waals surface area contributed by atoms with Crippen LogP contribution in [0, 0.1) is 0 Å². The molecule has 0 aliphatic carbocycles. The predicted molar refractivity (Wildman–Crippen MR) is 74.4 cm³/mol. The van der Waals surface area contributed by atoms with E-state index in [1.54, 1.807) is 18.3 Å². The molecule has 5 heteroatoms. The Morgan fingerprint density at radius 1 is 1.06 bits per heavy atom. The van der Waals surface area contributed by atoms with Crippen LogP contribution in [0.25, 0.3) is 0 Å². The van der Waals surface area contributed by atoms with Gasteiger partial charge in [0, 0.05) is 4.47 Å². The molecular formula is C13H11BrClNO2. The fourth-order valence-electron chi connectivity index (χ4n) is 1.32. The van der Waals surface area contributed by atoms with E-state index in [1.165, 1.54) is 0 Å². The number of halogens is 2. The lowest BCUT2D eigenvalue weighted by molar-refractivity contribution is 0.216. The van der Waals surface area contributed by atoms with Gasteiger partial charge >= 0.3 is 0 Å². The maximum Gasteiger partial charge on any atom is 0.137 e. The van der Waals surface area contributed by atoms with Crippen LogP contribution < -0.4 is 9.47 Å². The summed E-state index contributed by atoms with van der Waals surface area (Å²) in [4.78, 5) is 3.92. The van der Waals surface area contributed by atoms with Crippen LogP contribution in [0.2, 0.25) is 5.15 Å². The van der Waals surface area contributed by atoms with Crippen LogP contribution in [0.3, 0.4) is 0 Å². The summed E-state index contributed by atoms with van der Waals surface area (Å²) in [6, 6.07) is 11.1. The molecule has 1 heterocycles. The van der Waals surface area contributed by atoms with Crippen molar-refractivity contribution in [1.82, 2.24) is 4.98 Å². The third-order valence-corrected chi connectivity index (χ3v) is 2.83. The van der Waals surface area contributed by atoms with E-state index in [9.17, 15) is 0 Å². The van der Waals surface area contributed by atoms with E-state index in [4.69, 9.17) is 21.1 Å². The molecule has 0 N–H and O–H groups in total. The average Bonchev–Trinajstić information content (AvgIpc) is 2.37. The zero-order valence-electron chi connectivity index (χ0n) is 9.48. The van der Waals surface area contributed by atoms with Gasteiger partial charge in [0.05, 0.1) is 6.20 Å². The molecule has 0 saturated heterocycles. The summed E-state index contributed by atoms with van der Waals surface area (Å²) in [6.07, 6.45) is 1.58. The smallest absolute Gasteiger partial charge is 0.137 e. The van der Waals surface area contributed by atoms with Gasteiger partial charge < -0.3 is 9.47 Å². The summed E-state index contributed by atoms with van der Waals surface area (Å²) in [5.41, 5.74) is 0. The Bertz CT molecular complexity index is 505. The van der Waals surface area contributed by atoms with Gasteiger partial charge in [-0.2, -0.15) is 0 Å². The molecule has 3 nitrogen and oxygen atoms in total. The number of nitrogens with zero attached hydrogens (tertiary/aromatic N) is 1. The average molecular weight is 329 g/mol. The van der Waals surface area contributed by atoms with Gasteiger partial charge in [-0.3, -0.25) is 0 Å². The van der Waals surface area contributed by atoms with Crippen LogP contribution >= 0.6 is 27.5 Å². The molecule has 1 aromatic carbocycles. The molecule has 0 saturated carbocycles. The Labute approximate surface area is 119 Å². The summed E-state index contributed by atoms with van der Waals surface area (Å²) in [7, 11) is 0. The van der Waals surface area contributed by atoms with E-state index >= 15 is 0 Å². The van der Waals surface area contributed by atoms with E-state index in [0.717, 1.165) is 10.2 Å². The fraction of sp³-hybridized carbons (Fsp3) is 0.154. The number of rotatable bonds is 5. The highest BCUT2D eigenvalue weighted by Gasteiger charge is 1.97. The van der Waals surface area contributed by atoms with Crippen molar-refractivity contribution in [2.75, 3.05) is 13.2 Å². The minimum Gasteiger partial charge on any atom is -0.490 e. The normalized spacial score (nSPS) is 10.1. The molecule has 2 aromatic rings. The van der Waals surface area contributed by atoms with Crippen molar-refractivity contribution in [2.24, 2.45) is 0 Å². The number of hydrogen-bond donors (Lipinski definition) is 0. The quantitative estimate of drug-likeness (QED) is 0.615. The molecule has 0 radical (unpaired) electrons. The lowest BCUT2D eigenvalue weighted by atomic mass is 10.3. The van der Waals surface area contributed by atoms with Crippen LogP contribution in [0.1, 0.15) is 0 Å². The molecule has 0 spiro atoms. The summed E-state index contributed by atoms with van der Waals surface area (Å²) < 4.78 is 12.0. The Balaban J connectivity index is 1.74. The fourth-order valence-corrected chi connectivity index (χ4v) is 1.81. The Kier molecular flexibility index (Phi) is 4.84. The lowest BCUT2D eigenvalue weighted by Crippen LogP contribution is -2.09. The van der Waals surface area contributed by atoms with E-state index in [1.807, 2.05) is 24.3 Å². The zero-order chi connectivity index (χ0) is 12.8. The van der Waals surface area contributed by atoms with Crippen molar-refractivity contribution in [2.45, 2.75) is 0 Å². The van der Waals surface area contributed by atoms with Crippen molar-refractivity contribution in [3.05, 3.63) is 52.2 Å². The maximum atomic E-state index is 5.67. The van der Waals surface area contributed by atoms with Crippen molar-refractivity contribution >= 4 is 27.5 Å². The summed E-state index contributed by atoms with van der Waals surface area (Å²) in [6.45, 7) is 0.926. The standard InChI is InChI=1S/C13H11BrClNO2/c14-10-2-1-3-11(8-10)17-6-7-18-12-4-5-13(15)16-9-12/h1-5,8-9H,6-7H2. The minimum absolute atomic E-state index is 0.452. The molecule has 0 unspecified atom stereocenters. The third kappa shape index (κ3) is 4.20. The Morgan fingerprint density at radius 3 is 2.50 bits per heavy atom. The third-order valence-electron chi connectivity index (χ3n) is 2.12. The molecule has 2 rings (SSSR count). The van der Waals surface area contributed by atoms with Crippen LogP contribution in [0.4, 0.5) is 0 Å². The first-order chi connectivity index (χ1) is 8.74. The van der Waals surface area contributed by atoms with E-state index in [0.29, 0.717) is 24.1 Å². The Hall–Kier alpha value is -1.26. The number of hydrogen-bond acceptors (Lipinski definition) is 3. The number of benzene rings is 1. The monoisotopic (exact) mass is 327 g/mol. The zero-order valence-corrected chi connectivity index (χ0v) is 11.8. The van der Waals surface area contributed by atoms with Gasteiger partial charge in [0.2, 0.25) is 0 Å². The molecule has 0 bridgehead atoms. The Morgan fingerprint density at radius 2 is 1.83 bits per heavy atom. The van der Waals surface area contributed by atoms with E-state index < -0.39 is 0 Å². The van der Waals surface area contributed by atoms with Crippen LogP contribution in [0.5, 0.6) is 11.5 Å². The van der Waals surface area contributed by atoms with Crippen LogP contribution in [0.15, 0.2) is 47.1 Å². The molecule has 1 aromatic heterocycles. The maximum absolute atomic E-state index is 5.67. The molecule has 0 atom stereocenters. The molecule has 0 fully saturated rings. The lowest BCUT2D eigenvalue weighted by Gasteiger charge is -2.08. The molecule has 18 heavy (non-hydrogen) atoms. The number of ether oxygens (including phenoxy) is 2. The van der Waals surface area contributed by atoms with E-state index in [-0.39, 0.29) is 0 Å². The van der Waals surface area contributed by atoms with Gasteiger partial charge in [-0.05, 0) is 30.3 Å². The first kappa shape index (κ1) is 13.2. The second kappa shape index (κ2) is 6.61. The number of pyridine rings is 1. The first-order valence-corrected chi connectivity index (χ1v) is 6.54. The van der Waals surface area contributed by atoms with Crippen molar-refractivity contribution in [3.63, 3.8) is 0 Å². The van der Waals surface area contributed by atoms with Gasteiger partial charge in [-0.1, -0.05) is 33.6 Å². The van der Waals surface area contributed by atoms with Crippen molar-refractivity contribution in [1.29, 1.82) is 0 Å². The van der Waals surface area contributed by atoms with E-state index in [2.05, 4.69) is 20.9 Å². The van der Waals surface area contributed by atoms with Crippen molar-refractivity contribution in [3.8, 4) is 11.5 Å². The van der Waals surface area contributed by atoms with Crippen molar-refractivity contribution < 1.29 is 9.47 Å². The van der Waals surface area contributed by atoms with Gasteiger partial charge in [0.25, 0.3) is 0 Å². The SMILES string of the molecule is Clc1ccc(OCCOc2cccc(Br)c2)cn1. The molecule has 0 aliphatic rings. The van der Waals surface area contributed by atoms with Crippen LogP contribution in [-0.2, 0) is 0 Å². The first-order valence-electron chi connectivity index (χ1n) is 5.37. The molecular weight excluding hydrogens is 318 g/mol.